The van der Waals surface area contributed by atoms with E-state index in [1.54, 1.807) is 6.92 Å². The summed E-state index contributed by atoms with van der Waals surface area (Å²) in [6.07, 6.45) is 2.04. The van der Waals surface area contributed by atoms with E-state index in [9.17, 15) is 19.5 Å². The van der Waals surface area contributed by atoms with Gasteiger partial charge >= 0.3 is 5.97 Å². The molecule has 0 saturated carbocycles. The molecule has 3 atom stereocenters. The maximum absolute atomic E-state index is 12.8. The molecule has 1 N–H and O–H groups in total. The number of cyclic esters (lactones) is 1. The van der Waals surface area contributed by atoms with Crippen LogP contribution in [0, 0.1) is 11.8 Å². The topological polar surface area (TPSA) is 90.4 Å². The van der Waals surface area contributed by atoms with E-state index in [0.717, 1.165) is 19.6 Å². The van der Waals surface area contributed by atoms with Gasteiger partial charge in [-0.2, -0.15) is 0 Å². The Kier molecular flexibility index (Phi) is 10.1. The molecule has 2 aliphatic rings. The summed E-state index contributed by atoms with van der Waals surface area (Å²) in [5.41, 5.74) is -0.377. The molecule has 1 spiro atoms. The molecular weight excluding hydrogens is 410 g/mol. The second-order valence-electron chi connectivity index (χ2n) is 9.78. The maximum atomic E-state index is 12.8. The van der Waals surface area contributed by atoms with Gasteiger partial charge in [0.15, 0.2) is 0 Å². The third-order valence-corrected chi connectivity index (χ3v) is 7.41. The Balaban J connectivity index is 2.13. The molecule has 0 aromatic carbocycles. The Hall–Kier alpha value is -1.51. The van der Waals surface area contributed by atoms with E-state index in [1.807, 2.05) is 11.9 Å². The van der Waals surface area contributed by atoms with Crippen LogP contribution < -0.4 is 0 Å². The van der Waals surface area contributed by atoms with Gasteiger partial charge in [0.2, 0.25) is 5.91 Å². The summed E-state index contributed by atoms with van der Waals surface area (Å²) in [6, 6.07) is 0. The third kappa shape index (κ3) is 6.99. The number of Topliss-reactive ketones (excluding diaryl/α,β-unsaturated/α-hetero) is 1. The highest BCUT2D eigenvalue weighted by molar-refractivity contribution is 5.98. The molecule has 0 bridgehead atoms. The van der Waals surface area contributed by atoms with E-state index in [1.165, 1.54) is 0 Å². The molecule has 32 heavy (non-hydrogen) atoms. The molecule has 2 saturated heterocycles. The maximum Gasteiger partial charge on any atom is 0.316 e. The molecule has 2 heterocycles. The minimum absolute atomic E-state index is 0.142. The van der Waals surface area contributed by atoms with Crippen LogP contribution >= 0.6 is 0 Å². The Morgan fingerprint density at radius 2 is 1.81 bits per heavy atom. The highest BCUT2D eigenvalue weighted by Crippen LogP contribution is 2.31. The molecule has 2 aliphatic heterocycles. The van der Waals surface area contributed by atoms with Gasteiger partial charge in [0.1, 0.15) is 18.3 Å². The molecule has 0 aromatic heterocycles. The summed E-state index contributed by atoms with van der Waals surface area (Å²) >= 11 is 0. The number of likely N-dealkylation sites (tertiary alicyclic amines) is 1. The van der Waals surface area contributed by atoms with Crippen LogP contribution in [0.1, 0.15) is 59.8 Å². The predicted octanol–water partition coefficient (Wildman–Crippen LogP) is 1.55. The fourth-order valence-electron chi connectivity index (χ4n) is 4.85. The molecule has 8 heteroatoms. The minimum atomic E-state index is -0.821. The highest BCUT2D eigenvalue weighted by Gasteiger charge is 2.41. The second kappa shape index (κ2) is 12.1. The van der Waals surface area contributed by atoms with E-state index in [2.05, 4.69) is 30.6 Å². The van der Waals surface area contributed by atoms with Gasteiger partial charge in [-0.05, 0) is 58.7 Å². The number of amides is 1. The number of esters is 1. The van der Waals surface area contributed by atoms with Crippen LogP contribution in [0.4, 0.5) is 0 Å². The van der Waals surface area contributed by atoms with Gasteiger partial charge in [0.25, 0.3) is 0 Å². The van der Waals surface area contributed by atoms with Crippen molar-refractivity contribution in [3.63, 3.8) is 0 Å². The van der Waals surface area contributed by atoms with Crippen molar-refractivity contribution < 1.29 is 24.2 Å². The van der Waals surface area contributed by atoms with E-state index >= 15 is 0 Å². The van der Waals surface area contributed by atoms with Crippen LogP contribution in [0.2, 0.25) is 0 Å². The average Bonchev–Trinajstić information content (AvgIpc) is 2.78. The number of rotatable bonds is 4. The number of aliphatic hydroxyl groups excluding tert-OH is 1. The summed E-state index contributed by atoms with van der Waals surface area (Å²) in [7, 11) is 2.04. The number of carbonyl (C=O) groups is 3. The highest BCUT2D eigenvalue weighted by atomic mass is 16.5. The standard InChI is InChI=1S/C24H43N3O5/c1-6-26(7-2)16-22(30)27-12-10-24(11-13-27)17-32-23(31)19(4)21(29)9-8-20(28)14-18(3)15-25(24)5/h18-20,28H,6-17H2,1-5H3/t18-,19-,20+/m1/s1. The van der Waals surface area contributed by atoms with Gasteiger partial charge < -0.3 is 14.7 Å². The summed E-state index contributed by atoms with van der Waals surface area (Å²) in [5.74, 6) is -1.12. The normalized spacial score (nSPS) is 28.7. The lowest BCUT2D eigenvalue weighted by Crippen LogP contribution is -2.59. The second-order valence-corrected chi connectivity index (χ2v) is 9.78. The van der Waals surface area contributed by atoms with Crippen molar-refractivity contribution in [1.82, 2.24) is 14.7 Å². The van der Waals surface area contributed by atoms with E-state index in [0.29, 0.717) is 45.3 Å². The first-order chi connectivity index (χ1) is 15.1. The van der Waals surface area contributed by atoms with Crippen LogP contribution in [0.5, 0.6) is 0 Å². The SMILES string of the molecule is CCN(CC)CC(=O)N1CCC2(CC1)COC(=O)[C@H](C)C(=O)CC[C@H](O)C[C@@H](C)CN2C. The third-order valence-electron chi connectivity index (χ3n) is 7.41. The Morgan fingerprint density at radius 3 is 2.41 bits per heavy atom. The van der Waals surface area contributed by atoms with Gasteiger partial charge in [-0.25, -0.2) is 0 Å². The number of piperidine rings is 1. The molecule has 8 nitrogen and oxygen atoms in total. The zero-order valence-corrected chi connectivity index (χ0v) is 20.6. The van der Waals surface area contributed by atoms with Crippen LogP contribution in [0.15, 0.2) is 0 Å². The van der Waals surface area contributed by atoms with Crippen molar-refractivity contribution >= 4 is 17.7 Å². The quantitative estimate of drug-likeness (QED) is 0.510. The molecule has 0 aromatic rings. The van der Waals surface area contributed by atoms with Crippen molar-refractivity contribution in [2.75, 3.05) is 52.9 Å². The summed E-state index contributed by atoms with van der Waals surface area (Å²) < 4.78 is 5.68. The number of ether oxygens (including phenoxy) is 1. The Morgan fingerprint density at radius 1 is 1.19 bits per heavy atom. The summed E-state index contributed by atoms with van der Waals surface area (Å²) in [5, 5.41) is 10.4. The Labute approximate surface area is 193 Å². The lowest BCUT2D eigenvalue weighted by atomic mass is 9.85. The van der Waals surface area contributed by atoms with Crippen LogP contribution in [-0.4, -0.2) is 102 Å². The molecule has 0 radical (unpaired) electrons. The summed E-state index contributed by atoms with van der Waals surface area (Å²) in [4.78, 5) is 44.0. The van der Waals surface area contributed by atoms with Crippen molar-refractivity contribution in [3.8, 4) is 0 Å². The number of hydrogen-bond donors (Lipinski definition) is 1. The van der Waals surface area contributed by atoms with Gasteiger partial charge in [-0.3, -0.25) is 24.2 Å². The molecule has 2 fully saturated rings. The predicted molar refractivity (Wildman–Crippen MR) is 123 cm³/mol. The first kappa shape index (κ1) is 26.7. The number of carbonyl (C=O) groups excluding carboxylic acids is 3. The van der Waals surface area contributed by atoms with Crippen LogP contribution in [-0.2, 0) is 19.1 Å². The zero-order valence-electron chi connectivity index (χ0n) is 20.6. The van der Waals surface area contributed by atoms with E-state index in [4.69, 9.17) is 4.74 Å². The zero-order chi connectivity index (χ0) is 23.9. The number of hydrogen-bond acceptors (Lipinski definition) is 7. The molecular formula is C24H43N3O5. The number of likely N-dealkylation sites (N-methyl/N-ethyl adjacent to an activating group) is 2. The summed E-state index contributed by atoms with van der Waals surface area (Å²) in [6.45, 7) is 12.1. The fourth-order valence-corrected chi connectivity index (χ4v) is 4.85. The van der Waals surface area contributed by atoms with Gasteiger partial charge in [0.05, 0.1) is 18.2 Å². The van der Waals surface area contributed by atoms with Crippen LogP contribution in [0.3, 0.4) is 0 Å². The monoisotopic (exact) mass is 453 g/mol. The lowest BCUT2D eigenvalue weighted by Gasteiger charge is -2.48. The first-order valence-electron chi connectivity index (χ1n) is 12.2. The van der Waals surface area contributed by atoms with Gasteiger partial charge in [0, 0.05) is 26.1 Å². The molecule has 0 aliphatic carbocycles. The van der Waals surface area contributed by atoms with Crippen molar-refractivity contribution in [1.29, 1.82) is 0 Å². The number of ketones is 1. The molecule has 0 unspecified atom stereocenters. The molecule has 2 rings (SSSR count). The average molecular weight is 454 g/mol. The van der Waals surface area contributed by atoms with E-state index in [-0.39, 0.29) is 36.2 Å². The van der Waals surface area contributed by atoms with E-state index < -0.39 is 18.0 Å². The smallest absolute Gasteiger partial charge is 0.316 e. The van der Waals surface area contributed by atoms with Crippen molar-refractivity contribution in [2.24, 2.45) is 11.8 Å². The van der Waals surface area contributed by atoms with Crippen molar-refractivity contribution in [2.45, 2.75) is 71.4 Å². The lowest BCUT2D eigenvalue weighted by molar-refractivity contribution is -0.157. The molecule has 1 amide bonds. The fraction of sp³-hybridized carbons (Fsp3) is 0.875. The number of aliphatic hydroxyl groups is 1. The minimum Gasteiger partial charge on any atom is -0.463 e. The largest absolute Gasteiger partial charge is 0.463 e. The first-order valence-corrected chi connectivity index (χ1v) is 12.2. The van der Waals surface area contributed by atoms with Crippen molar-refractivity contribution in [3.05, 3.63) is 0 Å². The Bertz CT molecular complexity index is 644. The van der Waals surface area contributed by atoms with Crippen LogP contribution in [0.25, 0.3) is 0 Å². The van der Waals surface area contributed by atoms with Gasteiger partial charge in [-0.1, -0.05) is 20.8 Å². The number of nitrogens with zero attached hydrogens (tertiary/aromatic N) is 3. The van der Waals surface area contributed by atoms with Gasteiger partial charge in [-0.15, -0.1) is 0 Å². The molecule has 184 valence electrons.